The van der Waals surface area contributed by atoms with Gasteiger partial charge in [-0.3, -0.25) is 4.79 Å². The van der Waals surface area contributed by atoms with Crippen molar-refractivity contribution in [3.05, 3.63) is 64.8 Å². The first-order chi connectivity index (χ1) is 16.3. The molecule has 0 radical (unpaired) electrons. The number of para-hydroxylation sites is 1. The number of nitrogens with one attached hydrogen (secondary N) is 1. The smallest absolute Gasteiger partial charge is 0.339 e. The SMILES string of the molecule is CC(C)(C)NC(=O)COC(=O)c1c2c(nc3ccccc13)/C(=C/c1ccc3c(c1)OCO3)CC2. The van der Waals surface area contributed by atoms with Crippen LogP contribution in [0, 0.1) is 0 Å². The van der Waals surface area contributed by atoms with E-state index in [1.165, 1.54) is 0 Å². The third kappa shape index (κ3) is 4.33. The van der Waals surface area contributed by atoms with Crippen LogP contribution in [0.4, 0.5) is 0 Å². The highest BCUT2D eigenvalue weighted by atomic mass is 16.7. The Morgan fingerprint density at radius 3 is 2.71 bits per heavy atom. The number of rotatable bonds is 4. The molecule has 0 unspecified atom stereocenters. The zero-order chi connectivity index (χ0) is 23.9. The van der Waals surface area contributed by atoms with Crippen LogP contribution in [0.1, 0.15) is 54.4 Å². The van der Waals surface area contributed by atoms with Crippen LogP contribution in [0.2, 0.25) is 0 Å². The number of carbonyl (C=O) groups is 2. The van der Waals surface area contributed by atoms with E-state index in [-0.39, 0.29) is 19.3 Å². The van der Waals surface area contributed by atoms with E-state index in [1.807, 2.05) is 63.2 Å². The maximum atomic E-state index is 13.2. The predicted molar refractivity (Wildman–Crippen MR) is 129 cm³/mol. The van der Waals surface area contributed by atoms with E-state index < -0.39 is 11.5 Å². The Morgan fingerprint density at radius 2 is 1.88 bits per heavy atom. The summed E-state index contributed by atoms with van der Waals surface area (Å²) in [5.74, 6) is 0.609. The number of aromatic nitrogens is 1. The Balaban J connectivity index is 1.49. The molecule has 2 aromatic carbocycles. The number of ether oxygens (including phenoxy) is 3. The van der Waals surface area contributed by atoms with E-state index in [0.717, 1.165) is 45.7 Å². The van der Waals surface area contributed by atoms with Crippen molar-refractivity contribution in [1.29, 1.82) is 0 Å². The summed E-state index contributed by atoms with van der Waals surface area (Å²) in [6.45, 7) is 5.53. The second-order valence-corrected chi connectivity index (χ2v) is 9.49. The van der Waals surface area contributed by atoms with Gasteiger partial charge in [-0.05, 0) is 74.6 Å². The molecular formula is C27H26N2O5. The maximum absolute atomic E-state index is 13.2. The molecule has 0 saturated heterocycles. The average molecular weight is 459 g/mol. The van der Waals surface area contributed by atoms with E-state index in [4.69, 9.17) is 19.2 Å². The average Bonchev–Trinajstić information content (AvgIpc) is 3.41. The summed E-state index contributed by atoms with van der Waals surface area (Å²) in [6.07, 6.45) is 3.49. The molecule has 0 fully saturated rings. The second kappa shape index (κ2) is 8.48. The summed E-state index contributed by atoms with van der Waals surface area (Å²) < 4.78 is 16.3. The van der Waals surface area contributed by atoms with Crippen LogP contribution in [0.25, 0.3) is 22.6 Å². The molecule has 7 heteroatoms. The fourth-order valence-corrected chi connectivity index (χ4v) is 4.37. The predicted octanol–water partition coefficient (Wildman–Crippen LogP) is 4.52. The van der Waals surface area contributed by atoms with Gasteiger partial charge in [-0.15, -0.1) is 0 Å². The van der Waals surface area contributed by atoms with Crippen LogP contribution in [0.15, 0.2) is 42.5 Å². The van der Waals surface area contributed by atoms with Gasteiger partial charge < -0.3 is 19.5 Å². The van der Waals surface area contributed by atoms with Gasteiger partial charge in [-0.2, -0.15) is 0 Å². The molecule has 0 saturated carbocycles. The number of carbonyl (C=O) groups excluding carboxylic acids is 2. The summed E-state index contributed by atoms with van der Waals surface area (Å²) in [5, 5.41) is 3.54. The van der Waals surface area contributed by atoms with Gasteiger partial charge in [0.2, 0.25) is 6.79 Å². The number of allylic oxidation sites excluding steroid dienone is 1. The first-order valence-electron chi connectivity index (χ1n) is 11.3. The minimum absolute atomic E-state index is 0.227. The lowest BCUT2D eigenvalue weighted by Gasteiger charge is -2.20. The van der Waals surface area contributed by atoms with Crippen molar-refractivity contribution < 1.29 is 23.8 Å². The Hall–Kier alpha value is -3.87. The number of fused-ring (bicyclic) bond motifs is 3. The van der Waals surface area contributed by atoms with Crippen molar-refractivity contribution in [3.63, 3.8) is 0 Å². The van der Waals surface area contributed by atoms with Crippen LogP contribution < -0.4 is 14.8 Å². The normalized spacial score (nSPS) is 15.4. The van der Waals surface area contributed by atoms with Gasteiger partial charge in [-0.1, -0.05) is 24.3 Å². The largest absolute Gasteiger partial charge is 0.454 e. The number of pyridine rings is 1. The Morgan fingerprint density at radius 1 is 1.09 bits per heavy atom. The molecule has 174 valence electrons. The highest BCUT2D eigenvalue weighted by molar-refractivity contribution is 6.07. The zero-order valence-corrected chi connectivity index (χ0v) is 19.4. The molecule has 1 aliphatic carbocycles. The van der Waals surface area contributed by atoms with Crippen LogP contribution in [-0.4, -0.2) is 35.8 Å². The maximum Gasteiger partial charge on any atom is 0.339 e. The van der Waals surface area contributed by atoms with Crippen molar-refractivity contribution in [2.75, 3.05) is 13.4 Å². The van der Waals surface area contributed by atoms with E-state index in [1.54, 1.807) is 0 Å². The molecule has 3 aromatic rings. The minimum atomic E-state index is -0.511. The van der Waals surface area contributed by atoms with Gasteiger partial charge in [-0.25, -0.2) is 9.78 Å². The molecule has 1 amide bonds. The van der Waals surface area contributed by atoms with Crippen molar-refractivity contribution in [2.24, 2.45) is 0 Å². The first-order valence-corrected chi connectivity index (χ1v) is 11.3. The van der Waals surface area contributed by atoms with Crippen LogP contribution >= 0.6 is 0 Å². The topological polar surface area (TPSA) is 86.8 Å². The molecule has 0 atom stereocenters. The fourth-order valence-electron chi connectivity index (χ4n) is 4.37. The molecule has 7 nitrogen and oxygen atoms in total. The molecule has 1 aromatic heterocycles. The molecule has 0 spiro atoms. The summed E-state index contributed by atoms with van der Waals surface area (Å²) in [5.41, 5.74) is 4.46. The van der Waals surface area contributed by atoms with Crippen molar-refractivity contribution >= 4 is 34.4 Å². The van der Waals surface area contributed by atoms with Gasteiger partial charge in [0, 0.05) is 10.9 Å². The van der Waals surface area contributed by atoms with Gasteiger partial charge in [0.25, 0.3) is 5.91 Å². The van der Waals surface area contributed by atoms with Crippen molar-refractivity contribution in [2.45, 2.75) is 39.2 Å². The second-order valence-electron chi connectivity index (χ2n) is 9.49. The minimum Gasteiger partial charge on any atom is -0.454 e. The fraction of sp³-hybridized carbons (Fsp3) is 0.296. The Bertz CT molecular complexity index is 1340. The number of hydrogen-bond donors (Lipinski definition) is 1. The number of nitrogens with zero attached hydrogens (tertiary/aromatic N) is 1. The molecule has 1 N–H and O–H groups in total. The molecule has 34 heavy (non-hydrogen) atoms. The van der Waals surface area contributed by atoms with Gasteiger partial charge in [0.05, 0.1) is 16.8 Å². The van der Waals surface area contributed by atoms with Crippen LogP contribution in [-0.2, 0) is 16.0 Å². The molecule has 5 rings (SSSR count). The highest BCUT2D eigenvalue weighted by Crippen LogP contribution is 2.39. The monoisotopic (exact) mass is 458 g/mol. The quantitative estimate of drug-likeness (QED) is 0.579. The van der Waals surface area contributed by atoms with E-state index in [0.29, 0.717) is 17.5 Å². The molecule has 0 bridgehead atoms. The van der Waals surface area contributed by atoms with Crippen molar-refractivity contribution in [3.8, 4) is 11.5 Å². The van der Waals surface area contributed by atoms with Crippen molar-refractivity contribution in [1.82, 2.24) is 10.3 Å². The highest BCUT2D eigenvalue weighted by Gasteiger charge is 2.28. The molecule has 2 heterocycles. The van der Waals surface area contributed by atoms with E-state index in [2.05, 4.69) is 11.4 Å². The summed E-state index contributed by atoms with van der Waals surface area (Å²) in [7, 11) is 0. The van der Waals surface area contributed by atoms with E-state index in [9.17, 15) is 9.59 Å². The standard InChI is InChI=1S/C27H26N2O5/c1-27(2,3)29-23(30)14-32-26(31)24-18-6-4-5-7-20(18)28-25-17(9-10-19(24)25)12-16-8-11-21-22(13-16)34-15-33-21/h4-8,11-13H,9-10,14-15H2,1-3H3,(H,29,30)/b17-12+. The lowest BCUT2D eigenvalue weighted by molar-refractivity contribution is -0.125. The zero-order valence-electron chi connectivity index (χ0n) is 19.4. The lowest BCUT2D eigenvalue weighted by Crippen LogP contribution is -2.42. The Kier molecular flexibility index (Phi) is 5.48. The third-order valence-electron chi connectivity index (χ3n) is 5.73. The third-order valence-corrected chi connectivity index (χ3v) is 5.73. The Labute approximate surface area is 197 Å². The number of amides is 1. The summed E-state index contributed by atoms with van der Waals surface area (Å²) in [6, 6.07) is 13.3. The summed E-state index contributed by atoms with van der Waals surface area (Å²) in [4.78, 5) is 30.3. The molecular weight excluding hydrogens is 432 g/mol. The molecule has 2 aliphatic rings. The van der Waals surface area contributed by atoms with Gasteiger partial charge in [0.15, 0.2) is 18.1 Å². The van der Waals surface area contributed by atoms with Gasteiger partial charge in [0.1, 0.15) is 0 Å². The van der Waals surface area contributed by atoms with E-state index >= 15 is 0 Å². The number of hydrogen-bond acceptors (Lipinski definition) is 6. The first kappa shape index (κ1) is 21.9. The molecule has 1 aliphatic heterocycles. The van der Waals surface area contributed by atoms with Gasteiger partial charge >= 0.3 is 5.97 Å². The van der Waals surface area contributed by atoms with Crippen LogP contribution in [0.5, 0.6) is 11.5 Å². The lowest BCUT2D eigenvalue weighted by atomic mass is 10.0. The number of benzene rings is 2. The summed E-state index contributed by atoms with van der Waals surface area (Å²) >= 11 is 0. The van der Waals surface area contributed by atoms with Crippen LogP contribution in [0.3, 0.4) is 0 Å². The number of esters is 1.